The summed E-state index contributed by atoms with van der Waals surface area (Å²) in [4.78, 5) is 2.32. The van der Waals surface area contributed by atoms with Crippen molar-refractivity contribution < 1.29 is 0 Å². The lowest BCUT2D eigenvalue weighted by Gasteiger charge is -2.21. The molecule has 3 heteroatoms. The number of hydrogen-bond donors (Lipinski definition) is 0. The van der Waals surface area contributed by atoms with E-state index in [-0.39, 0.29) is 0 Å². The summed E-state index contributed by atoms with van der Waals surface area (Å²) in [6, 6.07) is 2.07. The summed E-state index contributed by atoms with van der Waals surface area (Å²) < 4.78 is 1.85. The average Bonchev–Trinajstić information content (AvgIpc) is 2.52. The number of aromatic nitrogens is 2. The van der Waals surface area contributed by atoms with Crippen LogP contribution in [0.4, 0.5) is 0 Å². The van der Waals surface area contributed by atoms with Crippen LogP contribution in [0.3, 0.4) is 0 Å². The quantitative estimate of drug-likeness (QED) is 0.641. The molecule has 1 aliphatic rings. The van der Waals surface area contributed by atoms with E-state index in [1.165, 1.54) is 5.57 Å². The molecule has 1 aromatic rings. The molecule has 0 amide bonds. The van der Waals surface area contributed by atoms with Crippen molar-refractivity contribution in [3.63, 3.8) is 0 Å². The van der Waals surface area contributed by atoms with E-state index < -0.39 is 0 Å². The molecule has 0 fully saturated rings. The van der Waals surface area contributed by atoms with Crippen molar-refractivity contribution in [3.8, 4) is 0 Å². The SMILES string of the molecule is CN1CCC=C(c2ccn(C)n2)C1. The summed E-state index contributed by atoms with van der Waals surface area (Å²) in [5.41, 5.74) is 2.48. The Labute approximate surface area is 78.7 Å². The average molecular weight is 177 g/mol. The fraction of sp³-hybridized carbons (Fsp3) is 0.500. The van der Waals surface area contributed by atoms with Crippen molar-refractivity contribution in [3.05, 3.63) is 24.0 Å². The highest BCUT2D eigenvalue weighted by Gasteiger charge is 2.11. The lowest BCUT2D eigenvalue weighted by Crippen LogP contribution is -2.25. The predicted octanol–water partition coefficient (Wildman–Crippen LogP) is 1.14. The standard InChI is InChI=1S/C10H15N3/c1-12-6-3-4-9(8-12)10-5-7-13(2)11-10/h4-5,7H,3,6,8H2,1-2H3. The Hall–Kier alpha value is -1.09. The van der Waals surface area contributed by atoms with Crippen LogP contribution in [0.5, 0.6) is 0 Å². The first-order chi connectivity index (χ1) is 6.25. The molecule has 0 aliphatic carbocycles. The second-order valence-corrected chi connectivity index (χ2v) is 3.63. The first kappa shape index (κ1) is 8.51. The predicted molar refractivity (Wildman–Crippen MR) is 53.3 cm³/mol. The first-order valence-corrected chi connectivity index (χ1v) is 4.63. The second kappa shape index (κ2) is 3.34. The van der Waals surface area contributed by atoms with Crippen molar-refractivity contribution in [2.75, 3.05) is 20.1 Å². The van der Waals surface area contributed by atoms with Gasteiger partial charge in [0.15, 0.2) is 0 Å². The van der Waals surface area contributed by atoms with Crippen molar-refractivity contribution in [1.29, 1.82) is 0 Å². The molecule has 1 aliphatic heterocycles. The van der Waals surface area contributed by atoms with E-state index >= 15 is 0 Å². The second-order valence-electron chi connectivity index (χ2n) is 3.63. The molecular weight excluding hydrogens is 162 g/mol. The van der Waals surface area contributed by atoms with Crippen LogP contribution >= 0.6 is 0 Å². The molecule has 0 bridgehead atoms. The topological polar surface area (TPSA) is 21.1 Å². The summed E-state index contributed by atoms with van der Waals surface area (Å²) in [6.07, 6.45) is 5.43. The van der Waals surface area contributed by atoms with Gasteiger partial charge in [-0.05, 0) is 25.1 Å². The van der Waals surface area contributed by atoms with E-state index in [0.29, 0.717) is 0 Å². The maximum atomic E-state index is 4.39. The van der Waals surface area contributed by atoms with E-state index in [4.69, 9.17) is 0 Å². The fourth-order valence-electron chi connectivity index (χ4n) is 1.67. The van der Waals surface area contributed by atoms with Gasteiger partial charge in [0.05, 0.1) is 5.69 Å². The third-order valence-corrected chi connectivity index (χ3v) is 2.38. The number of rotatable bonds is 1. The summed E-state index contributed by atoms with van der Waals surface area (Å²) in [5.74, 6) is 0. The molecule has 3 nitrogen and oxygen atoms in total. The van der Waals surface area contributed by atoms with Gasteiger partial charge in [-0.1, -0.05) is 6.08 Å². The smallest absolute Gasteiger partial charge is 0.0892 e. The molecule has 2 heterocycles. The fourth-order valence-corrected chi connectivity index (χ4v) is 1.67. The van der Waals surface area contributed by atoms with Gasteiger partial charge in [0.2, 0.25) is 0 Å². The van der Waals surface area contributed by atoms with Gasteiger partial charge in [0.25, 0.3) is 0 Å². The minimum Gasteiger partial charge on any atom is -0.302 e. The molecule has 0 atom stereocenters. The van der Waals surface area contributed by atoms with E-state index in [1.54, 1.807) is 0 Å². The highest BCUT2D eigenvalue weighted by atomic mass is 15.2. The molecule has 0 aromatic carbocycles. The van der Waals surface area contributed by atoms with Gasteiger partial charge < -0.3 is 4.90 Å². The zero-order valence-corrected chi connectivity index (χ0v) is 8.20. The molecule has 0 spiro atoms. The van der Waals surface area contributed by atoms with E-state index in [0.717, 1.165) is 25.2 Å². The third-order valence-electron chi connectivity index (χ3n) is 2.38. The van der Waals surface area contributed by atoms with Crippen LogP contribution < -0.4 is 0 Å². The van der Waals surface area contributed by atoms with Crippen LogP contribution in [0.1, 0.15) is 12.1 Å². The number of aryl methyl sites for hydroxylation is 1. The lowest BCUT2D eigenvalue weighted by atomic mass is 10.1. The highest BCUT2D eigenvalue weighted by Crippen LogP contribution is 2.17. The van der Waals surface area contributed by atoms with Crippen LogP contribution in [-0.4, -0.2) is 34.8 Å². The Balaban J connectivity index is 2.21. The van der Waals surface area contributed by atoms with Crippen molar-refractivity contribution in [2.45, 2.75) is 6.42 Å². The van der Waals surface area contributed by atoms with Gasteiger partial charge in [-0.3, -0.25) is 4.68 Å². The van der Waals surface area contributed by atoms with Crippen LogP contribution in [0.25, 0.3) is 5.57 Å². The van der Waals surface area contributed by atoms with Gasteiger partial charge in [-0.25, -0.2) is 0 Å². The lowest BCUT2D eigenvalue weighted by molar-refractivity contribution is 0.372. The van der Waals surface area contributed by atoms with Gasteiger partial charge in [0.1, 0.15) is 0 Å². The molecule has 2 rings (SSSR count). The summed E-state index contributed by atoms with van der Waals surface area (Å²) in [7, 11) is 4.10. The minimum atomic E-state index is 1.02. The van der Waals surface area contributed by atoms with Crippen LogP contribution in [0, 0.1) is 0 Å². The molecule has 0 saturated heterocycles. The van der Waals surface area contributed by atoms with Gasteiger partial charge >= 0.3 is 0 Å². The molecule has 13 heavy (non-hydrogen) atoms. The Kier molecular flexibility index (Phi) is 2.19. The summed E-state index contributed by atoms with van der Waals surface area (Å²) >= 11 is 0. The molecule has 70 valence electrons. The summed E-state index contributed by atoms with van der Waals surface area (Å²) in [5, 5.41) is 4.39. The Morgan fingerprint density at radius 3 is 2.85 bits per heavy atom. The van der Waals surface area contributed by atoms with E-state index in [1.807, 2.05) is 17.9 Å². The number of hydrogen-bond acceptors (Lipinski definition) is 2. The van der Waals surface area contributed by atoms with Crippen LogP contribution in [0.15, 0.2) is 18.3 Å². The van der Waals surface area contributed by atoms with Crippen molar-refractivity contribution in [2.24, 2.45) is 7.05 Å². The number of nitrogens with zero attached hydrogens (tertiary/aromatic N) is 3. The molecule has 0 unspecified atom stereocenters. The summed E-state index contributed by atoms with van der Waals surface area (Å²) in [6.45, 7) is 2.19. The zero-order valence-electron chi connectivity index (χ0n) is 8.20. The molecule has 0 radical (unpaired) electrons. The van der Waals surface area contributed by atoms with E-state index in [9.17, 15) is 0 Å². The van der Waals surface area contributed by atoms with Gasteiger partial charge in [-0.2, -0.15) is 5.10 Å². The maximum absolute atomic E-state index is 4.39. The Morgan fingerprint density at radius 1 is 1.38 bits per heavy atom. The molecule has 0 N–H and O–H groups in total. The van der Waals surface area contributed by atoms with E-state index in [2.05, 4.69) is 29.2 Å². The first-order valence-electron chi connectivity index (χ1n) is 4.63. The number of likely N-dealkylation sites (N-methyl/N-ethyl adjacent to an activating group) is 1. The molecule has 1 aromatic heterocycles. The molecular formula is C10H15N3. The zero-order chi connectivity index (χ0) is 9.26. The third kappa shape index (κ3) is 1.80. The Morgan fingerprint density at radius 2 is 2.23 bits per heavy atom. The van der Waals surface area contributed by atoms with Crippen LogP contribution in [0.2, 0.25) is 0 Å². The van der Waals surface area contributed by atoms with Crippen molar-refractivity contribution in [1.82, 2.24) is 14.7 Å². The van der Waals surface area contributed by atoms with Crippen LogP contribution in [-0.2, 0) is 7.05 Å². The normalized spacial score (nSPS) is 18.8. The maximum Gasteiger partial charge on any atom is 0.0892 e. The monoisotopic (exact) mass is 177 g/mol. The molecule has 0 saturated carbocycles. The minimum absolute atomic E-state index is 1.02. The largest absolute Gasteiger partial charge is 0.302 e. The van der Waals surface area contributed by atoms with Gasteiger partial charge in [-0.15, -0.1) is 0 Å². The Bertz CT molecular complexity index is 325. The van der Waals surface area contributed by atoms with Crippen molar-refractivity contribution >= 4 is 5.57 Å². The highest BCUT2D eigenvalue weighted by molar-refractivity contribution is 5.64. The van der Waals surface area contributed by atoms with Gasteiger partial charge in [0, 0.05) is 26.3 Å².